The van der Waals surface area contributed by atoms with E-state index < -0.39 is 0 Å². The van der Waals surface area contributed by atoms with Crippen LogP contribution in [0.3, 0.4) is 0 Å². The van der Waals surface area contributed by atoms with Crippen LogP contribution in [0.5, 0.6) is 0 Å². The largest absolute Gasteiger partial charge is 0.171 e. The van der Waals surface area contributed by atoms with Gasteiger partial charge in [-0.1, -0.05) is 60.7 Å². The van der Waals surface area contributed by atoms with Crippen LogP contribution in [0.4, 0.5) is 0 Å². The Balaban J connectivity index is 1.92. The molecule has 0 spiro atoms. The second-order valence-electron chi connectivity index (χ2n) is 3.95. The summed E-state index contributed by atoms with van der Waals surface area (Å²) < 4.78 is 0. The lowest BCUT2D eigenvalue weighted by atomic mass is 10.0. The zero-order chi connectivity index (χ0) is 11.2. The standard InChI is InChI=1S/C15H16S/c16-15(14-9-5-2-6-10-14)12-11-13-7-3-1-4-8-13/h1-10,15-16H,11-12H2. The van der Waals surface area contributed by atoms with Gasteiger partial charge in [-0.15, -0.1) is 0 Å². The zero-order valence-electron chi connectivity index (χ0n) is 9.21. The van der Waals surface area contributed by atoms with Crippen LogP contribution in [-0.4, -0.2) is 0 Å². The van der Waals surface area contributed by atoms with Gasteiger partial charge < -0.3 is 0 Å². The lowest BCUT2D eigenvalue weighted by Gasteiger charge is -2.10. The van der Waals surface area contributed by atoms with Gasteiger partial charge in [0.25, 0.3) is 0 Å². The van der Waals surface area contributed by atoms with E-state index in [2.05, 4.69) is 67.2 Å². The third-order valence-corrected chi connectivity index (χ3v) is 3.29. The summed E-state index contributed by atoms with van der Waals surface area (Å²) in [5.74, 6) is 0. The first-order valence-corrected chi connectivity index (χ1v) is 6.15. The molecule has 82 valence electrons. The van der Waals surface area contributed by atoms with Crippen molar-refractivity contribution in [2.24, 2.45) is 0 Å². The number of rotatable bonds is 4. The molecule has 16 heavy (non-hydrogen) atoms. The van der Waals surface area contributed by atoms with Crippen LogP contribution in [0.25, 0.3) is 0 Å². The third kappa shape index (κ3) is 3.14. The highest BCUT2D eigenvalue weighted by molar-refractivity contribution is 7.80. The zero-order valence-corrected chi connectivity index (χ0v) is 10.1. The fraction of sp³-hybridized carbons (Fsp3) is 0.200. The second-order valence-corrected chi connectivity index (χ2v) is 4.57. The predicted molar refractivity (Wildman–Crippen MR) is 72.9 cm³/mol. The Morgan fingerprint density at radius 2 is 1.38 bits per heavy atom. The number of benzene rings is 2. The van der Waals surface area contributed by atoms with Crippen LogP contribution < -0.4 is 0 Å². The van der Waals surface area contributed by atoms with Crippen molar-refractivity contribution in [3.63, 3.8) is 0 Å². The lowest BCUT2D eigenvalue weighted by molar-refractivity contribution is 0.807. The van der Waals surface area contributed by atoms with Crippen LogP contribution in [-0.2, 0) is 6.42 Å². The monoisotopic (exact) mass is 228 g/mol. The average Bonchev–Trinajstić information content (AvgIpc) is 2.38. The van der Waals surface area contributed by atoms with E-state index in [1.165, 1.54) is 11.1 Å². The molecule has 2 aromatic rings. The van der Waals surface area contributed by atoms with E-state index in [-0.39, 0.29) is 0 Å². The van der Waals surface area contributed by atoms with Crippen LogP contribution in [0.1, 0.15) is 22.8 Å². The summed E-state index contributed by atoms with van der Waals surface area (Å²) in [4.78, 5) is 0. The first-order chi connectivity index (χ1) is 7.86. The van der Waals surface area contributed by atoms with E-state index in [1.807, 2.05) is 6.07 Å². The molecule has 0 aromatic heterocycles. The summed E-state index contributed by atoms with van der Waals surface area (Å²) >= 11 is 4.65. The first-order valence-electron chi connectivity index (χ1n) is 5.63. The Kier molecular flexibility index (Phi) is 4.06. The van der Waals surface area contributed by atoms with E-state index >= 15 is 0 Å². The minimum atomic E-state index is 0.335. The summed E-state index contributed by atoms with van der Waals surface area (Å²) in [6.07, 6.45) is 2.17. The summed E-state index contributed by atoms with van der Waals surface area (Å²) in [6, 6.07) is 21.0. The molecule has 0 radical (unpaired) electrons. The van der Waals surface area contributed by atoms with Crippen molar-refractivity contribution in [2.45, 2.75) is 18.1 Å². The van der Waals surface area contributed by atoms with Gasteiger partial charge in [-0.2, -0.15) is 12.6 Å². The van der Waals surface area contributed by atoms with E-state index in [1.54, 1.807) is 0 Å². The Bertz CT molecular complexity index is 408. The molecular weight excluding hydrogens is 212 g/mol. The highest BCUT2D eigenvalue weighted by atomic mass is 32.1. The molecule has 0 nitrogen and oxygen atoms in total. The minimum absolute atomic E-state index is 0.335. The van der Waals surface area contributed by atoms with Gasteiger partial charge in [0.1, 0.15) is 0 Å². The van der Waals surface area contributed by atoms with Crippen molar-refractivity contribution < 1.29 is 0 Å². The number of thiol groups is 1. The smallest absolute Gasteiger partial charge is 0.0270 e. The van der Waals surface area contributed by atoms with E-state index in [0.717, 1.165) is 12.8 Å². The molecule has 1 unspecified atom stereocenters. The first kappa shape index (κ1) is 11.3. The van der Waals surface area contributed by atoms with Crippen LogP contribution in [0, 0.1) is 0 Å². The van der Waals surface area contributed by atoms with Crippen molar-refractivity contribution in [2.75, 3.05) is 0 Å². The Morgan fingerprint density at radius 1 is 0.812 bits per heavy atom. The number of aryl methyl sites for hydroxylation is 1. The molecule has 0 N–H and O–H groups in total. The maximum absolute atomic E-state index is 4.65. The summed E-state index contributed by atoms with van der Waals surface area (Å²) in [6.45, 7) is 0. The highest BCUT2D eigenvalue weighted by Crippen LogP contribution is 2.24. The van der Waals surface area contributed by atoms with Gasteiger partial charge in [0.05, 0.1) is 0 Å². The molecule has 0 fully saturated rings. The second kappa shape index (κ2) is 5.76. The van der Waals surface area contributed by atoms with Crippen molar-refractivity contribution in [1.29, 1.82) is 0 Å². The third-order valence-electron chi connectivity index (χ3n) is 2.73. The van der Waals surface area contributed by atoms with Crippen molar-refractivity contribution in [1.82, 2.24) is 0 Å². The van der Waals surface area contributed by atoms with Gasteiger partial charge in [0.15, 0.2) is 0 Å². The van der Waals surface area contributed by atoms with Gasteiger partial charge in [-0.05, 0) is 24.0 Å². The van der Waals surface area contributed by atoms with Crippen molar-refractivity contribution in [3.8, 4) is 0 Å². The lowest BCUT2D eigenvalue weighted by Crippen LogP contribution is -1.93. The minimum Gasteiger partial charge on any atom is -0.171 e. The normalized spacial score (nSPS) is 12.3. The number of hydrogen-bond acceptors (Lipinski definition) is 1. The fourth-order valence-electron chi connectivity index (χ4n) is 1.79. The molecule has 0 heterocycles. The highest BCUT2D eigenvalue weighted by Gasteiger charge is 2.05. The van der Waals surface area contributed by atoms with Crippen molar-refractivity contribution in [3.05, 3.63) is 71.8 Å². The molecular formula is C15H16S. The van der Waals surface area contributed by atoms with Crippen LogP contribution >= 0.6 is 12.6 Å². The molecule has 1 atom stereocenters. The van der Waals surface area contributed by atoms with E-state index in [9.17, 15) is 0 Å². The molecule has 2 aromatic carbocycles. The molecule has 2 rings (SSSR count). The van der Waals surface area contributed by atoms with E-state index in [0.29, 0.717) is 5.25 Å². The maximum atomic E-state index is 4.65. The molecule has 0 amide bonds. The molecule has 0 aliphatic heterocycles. The van der Waals surface area contributed by atoms with Gasteiger partial charge >= 0.3 is 0 Å². The molecule has 0 aliphatic carbocycles. The van der Waals surface area contributed by atoms with Crippen molar-refractivity contribution >= 4 is 12.6 Å². The fourth-order valence-corrected chi connectivity index (χ4v) is 2.09. The molecule has 0 bridgehead atoms. The van der Waals surface area contributed by atoms with Gasteiger partial charge in [-0.25, -0.2) is 0 Å². The Hall–Kier alpha value is -1.21. The van der Waals surface area contributed by atoms with E-state index in [4.69, 9.17) is 0 Å². The SMILES string of the molecule is SC(CCc1ccccc1)c1ccccc1. The van der Waals surface area contributed by atoms with Gasteiger partial charge in [0, 0.05) is 5.25 Å². The Labute approximate surface area is 103 Å². The van der Waals surface area contributed by atoms with Crippen LogP contribution in [0.2, 0.25) is 0 Å². The predicted octanol–water partition coefficient (Wildman–Crippen LogP) is 4.29. The summed E-state index contributed by atoms with van der Waals surface area (Å²) in [7, 11) is 0. The number of hydrogen-bond donors (Lipinski definition) is 1. The quantitative estimate of drug-likeness (QED) is 0.741. The molecule has 0 aliphatic rings. The summed E-state index contributed by atoms with van der Waals surface area (Å²) in [5, 5.41) is 0.335. The summed E-state index contributed by atoms with van der Waals surface area (Å²) in [5.41, 5.74) is 2.69. The maximum Gasteiger partial charge on any atom is 0.0270 e. The molecule has 0 saturated carbocycles. The molecule has 1 heteroatoms. The topological polar surface area (TPSA) is 0 Å². The van der Waals surface area contributed by atoms with Gasteiger partial charge in [0.2, 0.25) is 0 Å². The van der Waals surface area contributed by atoms with Gasteiger partial charge in [-0.3, -0.25) is 0 Å². The average molecular weight is 228 g/mol. The molecule has 0 saturated heterocycles. The van der Waals surface area contributed by atoms with Crippen LogP contribution in [0.15, 0.2) is 60.7 Å². The Morgan fingerprint density at radius 3 is 2.00 bits per heavy atom.